The van der Waals surface area contributed by atoms with E-state index in [1.54, 1.807) is 6.07 Å². The first-order valence-electron chi connectivity index (χ1n) is 5.28. The van der Waals surface area contributed by atoms with E-state index in [2.05, 4.69) is 16.9 Å². The van der Waals surface area contributed by atoms with E-state index >= 15 is 0 Å². The molecule has 0 radical (unpaired) electrons. The normalized spacial score (nSPS) is 13.3. The molecular weight excluding hydrogens is 241 g/mol. The lowest BCUT2D eigenvalue weighted by Gasteiger charge is -2.22. The summed E-state index contributed by atoms with van der Waals surface area (Å²) in [6.45, 7) is 8.96. The predicted octanol–water partition coefficient (Wildman–Crippen LogP) is 3.12. The molecule has 5 heteroatoms. The number of hydrogen-bond donors (Lipinski definition) is 1. The van der Waals surface area contributed by atoms with E-state index in [4.69, 9.17) is 0 Å². The second-order valence-corrected chi connectivity index (χ2v) is 4.89. The van der Waals surface area contributed by atoms with E-state index in [1.807, 2.05) is 19.9 Å². The summed E-state index contributed by atoms with van der Waals surface area (Å²) in [5, 5.41) is 2.65. The standard InChI is InChI=1S/C12H17F2N2P/c1-7-5-6-11(16-8(7)2)9(3)15-10(4)12(13,14)17/h5-6,10,15H,3,17H2,1-2,4H3/t10-/m1/s1. The number of nitrogens with zero attached hydrogens (tertiary/aromatic N) is 1. The van der Waals surface area contributed by atoms with Crippen molar-refractivity contribution in [3.63, 3.8) is 0 Å². The lowest BCUT2D eigenvalue weighted by molar-refractivity contribution is 0.0717. The molecule has 0 aliphatic rings. The van der Waals surface area contributed by atoms with E-state index in [0.29, 0.717) is 11.4 Å². The fraction of sp³-hybridized carbons (Fsp3) is 0.417. The summed E-state index contributed by atoms with van der Waals surface area (Å²) in [7, 11) is 1.52. The summed E-state index contributed by atoms with van der Waals surface area (Å²) in [5.41, 5.74) is 0.0570. The minimum absolute atomic E-state index is 0.405. The Balaban J connectivity index is 2.80. The lowest BCUT2D eigenvalue weighted by atomic mass is 10.2. The van der Waals surface area contributed by atoms with Gasteiger partial charge in [-0.2, -0.15) is 0 Å². The predicted molar refractivity (Wildman–Crippen MR) is 70.0 cm³/mol. The minimum atomic E-state index is -2.87. The molecule has 2 nitrogen and oxygen atoms in total. The van der Waals surface area contributed by atoms with Crippen LogP contribution < -0.4 is 5.32 Å². The molecule has 94 valence electrons. The Morgan fingerprint density at radius 2 is 2.06 bits per heavy atom. The van der Waals surface area contributed by atoms with Crippen molar-refractivity contribution in [2.45, 2.75) is 32.5 Å². The third-order valence-corrected chi connectivity index (χ3v) is 3.13. The van der Waals surface area contributed by atoms with Gasteiger partial charge in [0.05, 0.1) is 17.4 Å². The minimum Gasteiger partial charge on any atom is -0.375 e. The van der Waals surface area contributed by atoms with Crippen LogP contribution in [0.2, 0.25) is 0 Å². The maximum absolute atomic E-state index is 13.0. The average molecular weight is 258 g/mol. The van der Waals surface area contributed by atoms with Gasteiger partial charge in [-0.15, -0.1) is 0 Å². The van der Waals surface area contributed by atoms with Crippen LogP contribution in [0, 0.1) is 13.8 Å². The molecule has 0 saturated heterocycles. The lowest BCUT2D eigenvalue weighted by Crippen LogP contribution is -2.37. The molecule has 0 fully saturated rings. The highest BCUT2D eigenvalue weighted by Crippen LogP contribution is 2.27. The first kappa shape index (κ1) is 14.0. The van der Waals surface area contributed by atoms with Gasteiger partial charge in [0, 0.05) is 5.69 Å². The van der Waals surface area contributed by atoms with Crippen LogP contribution in [0.15, 0.2) is 18.7 Å². The number of nitrogens with one attached hydrogen (secondary N) is 1. The fourth-order valence-corrected chi connectivity index (χ4v) is 1.31. The van der Waals surface area contributed by atoms with Crippen molar-refractivity contribution < 1.29 is 8.78 Å². The highest BCUT2D eigenvalue weighted by molar-refractivity contribution is 7.18. The van der Waals surface area contributed by atoms with Crippen molar-refractivity contribution >= 4 is 14.9 Å². The second-order valence-electron chi connectivity index (χ2n) is 4.12. The number of halogens is 2. The maximum atomic E-state index is 13.0. The van der Waals surface area contributed by atoms with Crippen molar-refractivity contribution in [1.29, 1.82) is 0 Å². The molecule has 1 heterocycles. The summed E-state index contributed by atoms with van der Waals surface area (Å²) >= 11 is 0. The summed E-state index contributed by atoms with van der Waals surface area (Å²) in [5.74, 6) is 0. The molecule has 1 rings (SSSR count). The molecule has 1 aromatic heterocycles. The molecule has 0 bridgehead atoms. The average Bonchev–Trinajstić information content (AvgIpc) is 2.20. The number of aryl methyl sites for hydroxylation is 2. The summed E-state index contributed by atoms with van der Waals surface area (Å²) in [6, 6.07) is 2.66. The van der Waals surface area contributed by atoms with Gasteiger partial charge in [0.1, 0.15) is 0 Å². The first-order chi connectivity index (χ1) is 7.71. The van der Waals surface area contributed by atoms with Gasteiger partial charge in [-0.3, -0.25) is 4.98 Å². The fourth-order valence-electron chi connectivity index (χ4n) is 1.23. The molecule has 1 N–H and O–H groups in total. The molecule has 2 atom stereocenters. The monoisotopic (exact) mass is 258 g/mol. The molecule has 0 aromatic carbocycles. The molecule has 0 aliphatic carbocycles. The van der Waals surface area contributed by atoms with Gasteiger partial charge >= 0.3 is 0 Å². The van der Waals surface area contributed by atoms with Gasteiger partial charge in [0.2, 0.25) is 0 Å². The number of aromatic nitrogens is 1. The van der Waals surface area contributed by atoms with E-state index in [1.165, 1.54) is 16.2 Å². The molecule has 0 amide bonds. The van der Waals surface area contributed by atoms with Crippen LogP contribution in [-0.2, 0) is 0 Å². The van der Waals surface area contributed by atoms with Crippen LogP contribution in [0.3, 0.4) is 0 Å². The molecular formula is C12H17F2N2P. The van der Waals surface area contributed by atoms with Gasteiger partial charge in [-0.05, 0) is 32.4 Å². The van der Waals surface area contributed by atoms with Crippen LogP contribution in [0.5, 0.6) is 0 Å². The van der Waals surface area contributed by atoms with Crippen molar-refractivity contribution in [2.24, 2.45) is 0 Å². The molecule has 1 unspecified atom stereocenters. The second kappa shape index (κ2) is 5.09. The van der Waals surface area contributed by atoms with Crippen LogP contribution in [0.25, 0.3) is 5.70 Å². The highest BCUT2D eigenvalue weighted by atomic mass is 31.0. The number of alkyl halides is 2. The Morgan fingerprint density at radius 3 is 2.53 bits per heavy atom. The van der Waals surface area contributed by atoms with Gasteiger partial charge in [-0.1, -0.05) is 21.9 Å². The van der Waals surface area contributed by atoms with E-state index < -0.39 is 11.7 Å². The number of rotatable bonds is 4. The smallest absolute Gasteiger partial charge is 0.278 e. The summed E-state index contributed by atoms with van der Waals surface area (Å²) in [6.07, 6.45) is 0. The van der Waals surface area contributed by atoms with Crippen molar-refractivity contribution in [3.8, 4) is 0 Å². The molecule has 1 aromatic rings. The number of hydrogen-bond acceptors (Lipinski definition) is 2. The molecule has 17 heavy (non-hydrogen) atoms. The zero-order valence-electron chi connectivity index (χ0n) is 10.2. The third kappa shape index (κ3) is 3.74. The molecule has 0 aliphatic heterocycles. The van der Waals surface area contributed by atoms with E-state index in [-0.39, 0.29) is 0 Å². The maximum Gasteiger partial charge on any atom is 0.278 e. The summed E-state index contributed by atoms with van der Waals surface area (Å²) < 4.78 is 25.9. The van der Waals surface area contributed by atoms with Crippen LogP contribution in [0.4, 0.5) is 8.78 Å². The zero-order valence-corrected chi connectivity index (χ0v) is 11.4. The molecule has 0 saturated carbocycles. The van der Waals surface area contributed by atoms with Crippen molar-refractivity contribution in [3.05, 3.63) is 35.7 Å². The SMILES string of the molecule is C=C(N[C@H](C)C(F)(F)P)c1ccc(C)c(C)n1. The van der Waals surface area contributed by atoms with Gasteiger partial charge in [0.15, 0.2) is 0 Å². The quantitative estimate of drug-likeness (QED) is 0.839. The zero-order chi connectivity index (χ0) is 13.2. The van der Waals surface area contributed by atoms with Crippen LogP contribution in [-0.4, -0.2) is 16.7 Å². The van der Waals surface area contributed by atoms with Gasteiger partial charge in [0.25, 0.3) is 5.66 Å². The Bertz CT molecular complexity index is 427. The Labute approximate surface area is 103 Å². The van der Waals surface area contributed by atoms with Gasteiger partial charge < -0.3 is 5.32 Å². The summed E-state index contributed by atoms with van der Waals surface area (Å²) in [4.78, 5) is 4.29. The number of pyridine rings is 1. The highest BCUT2D eigenvalue weighted by Gasteiger charge is 2.30. The van der Waals surface area contributed by atoms with Gasteiger partial charge in [-0.25, -0.2) is 8.78 Å². The molecule has 0 spiro atoms. The topological polar surface area (TPSA) is 24.9 Å². The third-order valence-electron chi connectivity index (χ3n) is 2.63. The van der Waals surface area contributed by atoms with Crippen LogP contribution in [0.1, 0.15) is 23.9 Å². The Kier molecular flexibility index (Phi) is 4.21. The Hall–Kier alpha value is -1.02. The van der Waals surface area contributed by atoms with E-state index in [0.717, 1.165) is 11.3 Å². The first-order valence-corrected chi connectivity index (χ1v) is 5.86. The van der Waals surface area contributed by atoms with Crippen molar-refractivity contribution in [1.82, 2.24) is 10.3 Å². The van der Waals surface area contributed by atoms with Crippen molar-refractivity contribution in [2.75, 3.05) is 0 Å². The largest absolute Gasteiger partial charge is 0.375 e. The Morgan fingerprint density at radius 1 is 1.47 bits per heavy atom. The van der Waals surface area contributed by atoms with E-state index in [9.17, 15) is 8.78 Å². The van der Waals surface area contributed by atoms with Crippen LogP contribution >= 0.6 is 9.24 Å².